The molecule has 0 saturated heterocycles. The number of ether oxygens (including phenoxy) is 3. The van der Waals surface area contributed by atoms with Gasteiger partial charge in [0, 0.05) is 21.0 Å². The van der Waals surface area contributed by atoms with Gasteiger partial charge in [-0.1, -0.05) is 23.7 Å². The van der Waals surface area contributed by atoms with Gasteiger partial charge in [-0.05, 0) is 49.7 Å². The van der Waals surface area contributed by atoms with Crippen molar-refractivity contribution in [3.63, 3.8) is 0 Å². The molecule has 0 saturated carbocycles. The van der Waals surface area contributed by atoms with Gasteiger partial charge >= 0.3 is 12.6 Å². The lowest BCUT2D eigenvalue weighted by atomic mass is 10.0. The second-order valence-electron chi connectivity index (χ2n) is 6.67. The lowest BCUT2D eigenvalue weighted by molar-refractivity contribution is -0.0512. The highest BCUT2D eigenvalue weighted by Gasteiger charge is 2.26. The average molecular weight is 496 g/mol. The van der Waals surface area contributed by atoms with Crippen LogP contribution in [0.1, 0.15) is 32.5 Å². The highest BCUT2D eigenvalue weighted by Crippen LogP contribution is 2.41. The second-order valence-corrected chi connectivity index (χ2v) is 8.33. The fourth-order valence-electron chi connectivity index (χ4n) is 3.20. The summed E-state index contributed by atoms with van der Waals surface area (Å²) in [4.78, 5) is 26.5. The molecule has 174 valence electrons. The van der Waals surface area contributed by atoms with Gasteiger partial charge in [0.05, 0.1) is 13.7 Å². The molecule has 0 aliphatic heterocycles. The Labute approximate surface area is 198 Å². The first-order valence-electron chi connectivity index (χ1n) is 9.75. The third kappa shape index (κ3) is 5.61. The van der Waals surface area contributed by atoms with Crippen LogP contribution in [0, 0.1) is 6.92 Å². The topological polar surface area (TPSA) is 73.9 Å². The summed E-state index contributed by atoms with van der Waals surface area (Å²) >= 11 is 7.34. The van der Waals surface area contributed by atoms with Crippen LogP contribution in [-0.2, 0) is 4.74 Å². The first-order valence-corrected chi connectivity index (χ1v) is 10.9. The summed E-state index contributed by atoms with van der Waals surface area (Å²) in [7, 11) is 1.27. The predicted octanol–water partition coefficient (Wildman–Crippen LogP) is 6.42. The Hall–Kier alpha value is -3.17. The summed E-state index contributed by atoms with van der Waals surface area (Å²) in [6.07, 6.45) is 0. The maximum Gasteiger partial charge on any atom is 0.387 e. The minimum Gasteiger partial charge on any atom is -0.493 e. The molecule has 1 N–H and O–H groups in total. The van der Waals surface area contributed by atoms with Crippen LogP contribution in [0.3, 0.4) is 0 Å². The van der Waals surface area contributed by atoms with Gasteiger partial charge in [-0.2, -0.15) is 8.78 Å². The van der Waals surface area contributed by atoms with E-state index >= 15 is 0 Å². The zero-order valence-electron chi connectivity index (χ0n) is 17.9. The monoisotopic (exact) mass is 495 g/mol. The molecule has 3 aromatic rings. The lowest BCUT2D eigenvalue weighted by Gasteiger charge is -2.12. The van der Waals surface area contributed by atoms with Crippen LogP contribution in [0.4, 0.5) is 13.8 Å². The molecule has 0 atom stereocenters. The zero-order valence-corrected chi connectivity index (χ0v) is 19.5. The van der Waals surface area contributed by atoms with Crippen molar-refractivity contribution in [2.45, 2.75) is 20.5 Å². The first-order chi connectivity index (χ1) is 15.7. The molecule has 1 heterocycles. The summed E-state index contributed by atoms with van der Waals surface area (Å²) in [5.41, 5.74) is 1.64. The molecule has 1 aromatic heterocycles. The van der Waals surface area contributed by atoms with Crippen molar-refractivity contribution in [2.24, 2.45) is 0 Å². The molecule has 0 bridgehead atoms. The molecule has 0 radical (unpaired) electrons. The summed E-state index contributed by atoms with van der Waals surface area (Å²) in [6, 6.07) is 10.8. The molecule has 0 spiro atoms. The molecule has 0 aliphatic rings. The number of carbonyl (C=O) groups excluding carboxylic acids is 2. The van der Waals surface area contributed by atoms with Crippen LogP contribution in [0.25, 0.3) is 11.1 Å². The molecule has 6 nitrogen and oxygen atoms in total. The second kappa shape index (κ2) is 10.6. The summed E-state index contributed by atoms with van der Waals surface area (Å²) in [5, 5.41) is 3.51. The summed E-state index contributed by atoms with van der Waals surface area (Å²) in [5.74, 6) is -1.39. The van der Waals surface area contributed by atoms with Gasteiger partial charge < -0.3 is 19.5 Å². The molecule has 1 amide bonds. The Morgan fingerprint density at radius 2 is 1.91 bits per heavy atom. The number of alkyl halides is 2. The number of rotatable bonds is 8. The van der Waals surface area contributed by atoms with E-state index in [-0.39, 0.29) is 34.2 Å². The molecule has 0 unspecified atom stereocenters. The fraction of sp³-hybridized carbons (Fsp3) is 0.217. The highest BCUT2D eigenvalue weighted by molar-refractivity contribution is 7.17. The fourth-order valence-corrected chi connectivity index (χ4v) is 4.45. The van der Waals surface area contributed by atoms with E-state index in [1.807, 2.05) is 13.0 Å². The van der Waals surface area contributed by atoms with Crippen LogP contribution < -0.4 is 14.8 Å². The van der Waals surface area contributed by atoms with Gasteiger partial charge in [-0.15, -0.1) is 11.3 Å². The predicted molar refractivity (Wildman–Crippen MR) is 123 cm³/mol. The average Bonchev–Trinajstić information content (AvgIpc) is 3.09. The van der Waals surface area contributed by atoms with Gasteiger partial charge in [0.25, 0.3) is 5.91 Å². The number of nitrogens with one attached hydrogen (secondary N) is 1. The largest absolute Gasteiger partial charge is 0.493 e. The third-order valence-corrected chi connectivity index (χ3v) is 5.80. The minimum absolute atomic E-state index is 0.0319. The Bertz CT molecular complexity index is 1180. The van der Waals surface area contributed by atoms with Crippen LogP contribution in [0.5, 0.6) is 11.5 Å². The van der Waals surface area contributed by atoms with Crippen molar-refractivity contribution < 1.29 is 32.6 Å². The molecular weight excluding hydrogens is 476 g/mol. The van der Waals surface area contributed by atoms with E-state index in [4.69, 9.17) is 21.1 Å². The lowest BCUT2D eigenvalue weighted by Crippen LogP contribution is -2.15. The SMILES string of the molecule is CCOC(=O)c1c(NC(=O)c2ccc(OC(F)F)c(OC)c2)sc(C)c1-c1cccc(Cl)c1. The summed E-state index contributed by atoms with van der Waals surface area (Å²) in [6.45, 7) is 0.617. The van der Waals surface area contributed by atoms with E-state index in [0.717, 1.165) is 4.88 Å². The quantitative estimate of drug-likeness (QED) is 0.365. The Morgan fingerprint density at radius 3 is 2.55 bits per heavy atom. The van der Waals surface area contributed by atoms with Crippen molar-refractivity contribution in [1.29, 1.82) is 0 Å². The number of benzene rings is 2. The Kier molecular flexibility index (Phi) is 7.88. The van der Waals surface area contributed by atoms with Crippen molar-refractivity contribution in [1.82, 2.24) is 0 Å². The smallest absolute Gasteiger partial charge is 0.387 e. The van der Waals surface area contributed by atoms with Gasteiger partial charge in [0.2, 0.25) is 0 Å². The van der Waals surface area contributed by atoms with Gasteiger partial charge in [0.15, 0.2) is 11.5 Å². The third-order valence-electron chi connectivity index (χ3n) is 4.55. The number of hydrogen-bond donors (Lipinski definition) is 1. The van der Waals surface area contributed by atoms with Gasteiger partial charge in [0.1, 0.15) is 10.6 Å². The van der Waals surface area contributed by atoms with Crippen LogP contribution in [0.2, 0.25) is 5.02 Å². The number of thiophene rings is 1. The molecule has 3 rings (SSSR count). The van der Waals surface area contributed by atoms with E-state index in [1.54, 1.807) is 25.1 Å². The van der Waals surface area contributed by atoms with E-state index < -0.39 is 18.5 Å². The normalized spacial score (nSPS) is 10.8. The van der Waals surface area contributed by atoms with E-state index in [1.165, 1.54) is 36.6 Å². The molecule has 2 aromatic carbocycles. The first kappa shape index (κ1) is 24.5. The maximum absolute atomic E-state index is 12.9. The minimum atomic E-state index is -3.04. The zero-order chi connectivity index (χ0) is 24.1. The van der Waals surface area contributed by atoms with Crippen molar-refractivity contribution in [3.05, 3.63) is 63.5 Å². The molecule has 33 heavy (non-hydrogen) atoms. The molecule has 0 fully saturated rings. The van der Waals surface area contributed by atoms with E-state index in [0.29, 0.717) is 16.1 Å². The molecule has 0 aliphatic carbocycles. The standard InChI is InChI=1S/C23H20ClF2NO5S/c1-4-31-22(29)19-18(13-6-5-7-15(24)10-13)12(2)33-21(19)27-20(28)14-8-9-16(32-23(25)26)17(11-14)30-3/h5-11,23H,4H2,1-3H3,(H,27,28). The van der Waals surface area contributed by atoms with Crippen LogP contribution in [0.15, 0.2) is 42.5 Å². The number of esters is 1. The Morgan fingerprint density at radius 1 is 1.15 bits per heavy atom. The molecule has 10 heteroatoms. The Balaban J connectivity index is 2.00. The van der Waals surface area contributed by atoms with E-state index in [9.17, 15) is 18.4 Å². The van der Waals surface area contributed by atoms with Crippen LogP contribution >= 0.6 is 22.9 Å². The van der Waals surface area contributed by atoms with Gasteiger partial charge in [-0.25, -0.2) is 4.79 Å². The van der Waals surface area contributed by atoms with Crippen LogP contribution in [-0.4, -0.2) is 32.2 Å². The number of aryl methyl sites for hydroxylation is 1. The van der Waals surface area contributed by atoms with Crippen molar-refractivity contribution in [2.75, 3.05) is 19.0 Å². The number of anilines is 1. The van der Waals surface area contributed by atoms with E-state index in [2.05, 4.69) is 10.1 Å². The van der Waals surface area contributed by atoms with Crippen molar-refractivity contribution in [3.8, 4) is 22.6 Å². The number of amides is 1. The maximum atomic E-state index is 12.9. The number of hydrogen-bond acceptors (Lipinski definition) is 6. The van der Waals surface area contributed by atoms with Crippen molar-refractivity contribution >= 4 is 39.8 Å². The summed E-state index contributed by atoms with van der Waals surface area (Å²) < 4.78 is 39.8. The van der Waals surface area contributed by atoms with Gasteiger partial charge in [-0.3, -0.25) is 4.79 Å². The number of carbonyl (C=O) groups is 2. The number of halogens is 3. The molecular formula is C23H20ClF2NO5S. The highest BCUT2D eigenvalue weighted by atomic mass is 35.5. The number of methoxy groups -OCH3 is 1.